The van der Waals surface area contributed by atoms with Crippen LogP contribution in [0.3, 0.4) is 0 Å². The second kappa shape index (κ2) is 12.9. The van der Waals surface area contributed by atoms with Crippen molar-refractivity contribution >= 4 is 16.7 Å². The molecule has 0 aliphatic rings. The Bertz CT molecular complexity index is 1240. The minimum absolute atomic E-state index is 0.00144. The normalized spacial score (nSPS) is 12.8. The van der Waals surface area contributed by atoms with E-state index in [1.54, 1.807) is 12.1 Å². The summed E-state index contributed by atoms with van der Waals surface area (Å²) in [7, 11) is 0. The topological polar surface area (TPSA) is 73.4 Å². The fourth-order valence-electron chi connectivity index (χ4n) is 4.27. The smallest absolute Gasteiger partial charge is 0.237 e. The number of fused-ring (bicyclic) bond motifs is 1. The summed E-state index contributed by atoms with van der Waals surface area (Å²) in [5, 5.41) is 22.0. The van der Waals surface area contributed by atoms with Gasteiger partial charge < -0.3 is 21.1 Å². The summed E-state index contributed by atoms with van der Waals surface area (Å²) in [6.07, 6.45) is 1.92. The van der Waals surface area contributed by atoms with Gasteiger partial charge in [-0.15, -0.1) is 0 Å². The average Bonchev–Trinajstić information content (AvgIpc) is 2.92. The Kier molecular flexibility index (Phi) is 9.09. The lowest BCUT2D eigenvalue weighted by molar-refractivity contribution is -0.122. The Balaban J connectivity index is 1.33. The third-order valence-electron chi connectivity index (χ3n) is 6.48. The van der Waals surface area contributed by atoms with Gasteiger partial charge in [-0.3, -0.25) is 4.79 Å². The molecule has 0 saturated heterocycles. The van der Waals surface area contributed by atoms with Crippen molar-refractivity contribution in [3.63, 3.8) is 0 Å². The highest BCUT2D eigenvalue weighted by atomic mass is 16.3. The summed E-state index contributed by atoms with van der Waals surface area (Å²) in [6, 6.07) is 32.1. The summed E-state index contributed by atoms with van der Waals surface area (Å²) in [4.78, 5) is 12.6. The van der Waals surface area contributed by atoms with Crippen LogP contribution in [0.4, 0.5) is 0 Å². The summed E-state index contributed by atoms with van der Waals surface area (Å²) < 4.78 is 0. The lowest BCUT2D eigenvalue weighted by Crippen LogP contribution is -2.47. The van der Waals surface area contributed by atoms with Crippen LogP contribution >= 0.6 is 0 Å². The molecule has 4 aromatic rings. The molecule has 0 bridgehead atoms. The van der Waals surface area contributed by atoms with Gasteiger partial charge in [-0.05, 0) is 65.4 Å². The van der Waals surface area contributed by atoms with Gasteiger partial charge in [-0.25, -0.2) is 0 Å². The Hall–Kier alpha value is -3.67. The van der Waals surface area contributed by atoms with E-state index in [1.807, 2.05) is 55.5 Å². The molecule has 0 aliphatic carbocycles. The Morgan fingerprint density at radius 3 is 2.17 bits per heavy atom. The predicted octanol–water partition coefficient (Wildman–Crippen LogP) is 4.93. The highest BCUT2D eigenvalue weighted by Gasteiger charge is 2.15. The Labute approximate surface area is 213 Å². The zero-order valence-electron chi connectivity index (χ0n) is 20.8. The maximum absolute atomic E-state index is 12.6. The molecule has 4 aromatic carbocycles. The summed E-state index contributed by atoms with van der Waals surface area (Å²) >= 11 is 0. The largest absolute Gasteiger partial charge is 0.508 e. The second-order valence-corrected chi connectivity index (χ2v) is 9.30. The number of rotatable bonds is 12. The molecular formula is C31H35N3O2. The lowest BCUT2D eigenvalue weighted by Gasteiger charge is -2.22. The molecular weight excluding hydrogens is 446 g/mol. The van der Waals surface area contributed by atoms with Crippen LogP contribution in [0.5, 0.6) is 5.75 Å². The zero-order valence-corrected chi connectivity index (χ0v) is 20.8. The summed E-state index contributed by atoms with van der Waals surface area (Å²) in [5.41, 5.74) is 3.58. The molecule has 0 spiro atoms. The van der Waals surface area contributed by atoms with E-state index in [1.165, 1.54) is 11.1 Å². The van der Waals surface area contributed by atoms with Crippen molar-refractivity contribution in [3.05, 3.63) is 114 Å². The van der Waals surface area contributed by atoms with Crippen LogP contribution in [0.25, 0.3) is 10.8 Å². The molecule has 186 valence electrons. The first-order chi connectivity index (χ1) is 17.6. The quantitative estimate of drug-likeness (QED) is 0.232. The second-order valence-electron chi connectivity index (χ2n) is 9.30. The van der Waals surface area contributed by atoms with E-state index in [-0.39, 0.29) is 23.7 Å². The molecule has 36 heavy (non-hydrogen) atoms. The molecule has 0 aliphatic heterocycles. The number of carbonyl (C=O) groups is 1. The molecule has 0 radical (unpaired) electrons. The van der Waals surface area contributed by atoms with Gasteiger partial charge in [-0.2, -0.15) is 0 Å². The minimum atomic E-state index is -0.289. The molecule has 0 saturated carbocycles. The number of amides is 1. The number of carbonyl (C=O) groups excluding carboxylic acids is 1. The summed E-state index contributed by atoms with van der Waals surface area (Å²) in [6.45, 7) is 3.86. The van der Waals surface area contributed by atoms with Crippen molar-refractivity contribution in [2.45, 2.75) is 44.9 Å². The first kappa shape index (κ1) is 25.4. The molecule has 5 nitrogen and oxygen atoms in total. The van der Waals surface area contributed by atoms with E-state index < -0.39 is 0 Å². The highest BCUT2D eigenvalue weighted by molar-refractivity contribution is 5.84. The van der Waals surface area contributed by atoms with Gasteiger partial charge in [0.05, 0.1) is 6.04 Å². The van der Waals surface area contributed by atoms with Crippen LogP contribution in [-0.2, 0) is 24.3 Å². The number of phenolic OH excluding ortho intramolecular Hbond substituents is 1. The molecule has 1 amide bonds. The zero-order chi connectivity index (χ0) is 25.2. The van der Waals surface area contributed by atoms with Gasteiger partial charge in [-0.1, -0.05) is 78.9 Å². The third-order valence-corrected chi connectivity index (χ3v) is 6.48. The molecule has 0 fully saturated rings. The molecule has 5 heteroatoms. The number of hydrogen-bond acceptors (Lipinski definition) is 4. The van der Waals surface area contributed by atoms with Crippen LogP contribution in [-0.4, -0.2) is 29.6 Å². The van der Waals surface area contributed by atoms with Gasteiger partial charge in [0.15, 0.2) is 0 Å². The van der Waals surface area contributed by atoms with Crippen LogP contribution < -0.4 is 16.0 Å². The van der Waals surface area contributed by atoms with Crippen LogP contribution in [0.1, 0.15) is 30.0 Å². The van der Waals surface area contributed by atoms with Crippen LogP contribution in [0, 0.1) is 0 Å². The molecule has 0 unspecified atom stereocenters. The fourth-order valence-corrected chi connectivity index (χ4v) is 4.27. The maximum atomic E-state index is 12.6. The van der Waals surface area contributed by atoms with E-state index in [9.17, 15) is 9.90 Å². The SMILES string of the molecule is C[C@H](NC[C@@H](CCc1ccccc1)NCc1ccc2cc(O)ccc2c1)C(=O)NCc1ccccc1. The standard InChI is InChI=1S/C31H35N3O2/c1-23(31(36)34-20-25-10-6-3-7-11-25)32-22-29(16-13-24-8-4-2-5-9-24)33-21-26-12-14-28-19-30(35)17-15-27(28)18-26/h2-12,14-15,17-19,23,29,32-33,35H,13,16,20-22H2,1H3,(H,34,36)/t23-,29+/m0/s1. The van der Waals surface area contributed by atoms with E-state index in [0.29, 0.717) is 13.1 Å². The van der Waals surface area contributed by atoms with Crippen molar-refractivity contribution in [1.29, 1.82) is 0 Å². The monoisotopic (exact) mass is 481 g/mol. The van der Waals surface area contributed by atoms with Gasteiger partial charge in [0.25, 0.3) is 0 Å². The Morgan fingerprint density at radius 1 is 0.750 bits per heavy atom. The number of aromatic hydroxyl groups is 1. The van der Waals surface area contributed by atoms with Gasteiger partial charge in [0.2, 0.25) is 5.91 Å². The first-order valence-corrected chi connectivity index (χ1v) is 12.6. The van der Waals surface area contributed by atoms with Gasteiger partial charge in [0.1, 0.15) is 5.75 Å². The van der Waals surface area contributed by atoms with E-state index in [2.05, 4.69) is 52.3 Å². The van der Waals surface area contributed by atoms with E-state index in [4.69, 9.17) is 0 Å². The van der Waals surface area contributed by atoms with Crippen LogP contribution in [0.15, 0.2) is 97.1 Å². The van der Waals surface area contributed by atoms with E-state index >= 15 is 0 Å². The Morgan fingerprint density at radius 2 is 1.42 bits per heavy atom. The van der Waals surface area contributed by atoms with E-state index in [0.717, 1.165) is 35.7 Å². The van der Waals surface area contributed by atoms with Crippen LogP contribution in [0.2, 0.25) is 0 Å². The van der Waals surface area contributed by atoms with Crippen molar-refractivity contribution in [3.8, 4) is 5.75 Å². The molecule has 0 heterocycles. The number of phenols is 1. The maximum Gasteiger partial charge on any atom is 0.237 e. The minimum Gasteiger partial charge on any atom is -0.508 e. The first-order valence-electron chi connectivity index (χ1n) is 12.6. The van der Waals surface area contributed by atoms with Gasteiger partial charge >= 0.3 is 0 Å². The molecule has 0 aromatic heterocycles. The third kappa shape index (κ3) is 7.67. The fraction of sp³-hybridized carbons (Fsp3) is 0.258. The molecule has 4 rings (SSSR count). The number of benzene rings is 4. The molecule has 4 N–H and O–H groups in total. The van der Waals surface area contributed by atoms with Crippen molar-refractivity contribution in [2.24, 2.45) is 0 Å². The summed E-state index contributed by atoms with van der Waals surface area (Å²) in [5.74, 6) is 0.279. The van der Waals surface area contributed by atoms with Crippen molar-refractivity contribution in [2.75, 3.05) is 6.54 Å². The number of hydrogen-bond donors (Lipinski definition) is 4. The van der Waals surface area contributed by atoms with Crippen molar-refractivity contribution in [1.82, 2.24) is 16.0 Å². The number of nitrogens with one attached hydrogen (secondary N) is 3. The predicted molar refractivity (Wildman–Crippen MR) is 147 cm³/mol. The van der Waals surface area contributed by atoms with Gasteiger partial charge in [0, 0.05) is 25.7 Å². The molecule has 2 atom stereocenters. The number of aryl methyl sites for hydroxylation is 1. The average molecular weight is 482 g/mol. The highest BCUT2D eigenvalue weighted by Crippen LogP contribution is 2.21. The van der Waals surface area contributed by atoms with Crippen molar-refractivity contribution < 1.29 is 9.90 Å². The lowest BCUT2D eigenvalue weighted by atomic mass is 10.0.